The summed E-state index contributed by atoms with van der Waals surface area (Å²) in [6.07, 6.45) is 14.8. The summed E-state index contributed by atoms with van der Waals surface area (Å²) in [5.41, 5.74) is 1.43. The smallest absolute Gasteiger partial charge is 0.408 e. The maximum Gasteiger partial charge on any atom is 0.408 e. The Balaban J connectivity index is 0.00000107. The third-order valence-corrected chi connectivity index (χ3v) is 14.3. The number of alkyl carbamates (subject to hydrolysis) is 1. The molecule has 0 spiro atoms. The molecule has 7 heteroatoms. The summed E-state index contributed by atoms with van der Waals surface area (Å²) in [7, 11) is 0. The highest BCUT2D eigenvalue weighted by atomic mass is 19.1. The van der Waals surface area contributed by atoms with E-state index in [4.69, 9.17) is 9.84 Å². The van der Waals surface area contributed by atoms with Crippen LogP contribution < -0.4 is 5.32 Å². The van der Waals surface area contributed by atoms with Gasteiger partial charge in [0, 0.05) is 5.54 Å². The number of carbonyl (C=O) groups excluding carboxylic acids is 1. The van der Waals surface area contributed by atoms with Crippen LogP contribution >= 0.6 is 0 Å². The molecular weight excluding hydrogens is 605 g/mol. The minimum absolute atomic E-state index is 0.0833. The molecule has 4 saturated carbocycles. The lowest BCUT2D eigenvalue weighted by molar-refractivity contribution is -0.216. The molecule has 0 bridgehead atoms. The molecular formula is C41H60FNO5. The molecule has 6 rings (SSSR count). The quantitative estimate of drug-likeness (QED) is 0.278. The molecule has 0 radical (unpaired) electrons. The van der Waals surface area contributed by atoms with Crippen molar-refractivity contribution in [2.45, 2.75) is 131 Å². The first kappa shape index (κ1) is 36.6. The molecule has 4 fully saturated rings. The van der Waals surface area contributed by atoms with Crippen LogP contribution in [-0.4, -0.2) is 40.0 Å². The number of hydrogen-bond donors (Lipinski definition) is 3. The van der Waals surface area contributed by atoms with E-state index >= 15 is 0 Å². The van der Waals surface area contributed by atoms with Gasteiger partial charge in [0.25, 0.3) is 0 Å². The molecule has 1 aromatic carbocycles. The molecule has 5 aliphatic carbocycles. The highest BCUT2D eigenvalue weighted by molar-refractivity contribution is 5.88. The number of nitrogens with one attached hydrogen (secondary N) is 1. The average Bonchev–Trinajstić information content (AvgIpc) is 3.39. The number of carbonyl (C=O) groups is 2. The molecule has 2 unspecified atom stereocenters. The van der Waals surface area contributed by atoms with Crippen molar-refractivity contribution in [2.24, 2.45) is 45.3 Å². The molecule has 1 aromatic rings. The molecule has 5 aliphatic rings. The van der Waals surface area contributed by atoms with Crippen molar-refractivity contribution in [2.75, 3.05) is 6.61 Å². The Morgan fingerprint density at radius 2 is 1.67 bits per heavy atom. The van der Waals surface area contributed by atoms with Gasteiger partial charge in [0.05, 0.1) is 12.2 Å². The number of carboxylic acids is 1. The van der Waals surface area contributed by atoms with Gasteiger partial charge in [-0.05, 0) is 147 Å². The number of hydrogen-bond acceptors (Lipinski definition) is 4. The second-order valence-corrected chi connectivity index (χ2v) is 18.0. The highest BCUT2D eigenvalue weighted by Gasteiger charge is 2.69. The lowest BCUT2D eigenvalue weighted by Crippen LogP contribution is -2.67. The Morgan fingerprint density at radius 1 is 0.979 bits per heavy atom. The number of benzene rings is 1. The molecule has 8 atom stereocenters. The predicted molar refractivity (Wildman–Crippen MR) is 189 cm³/mol. The zero-order chi connectivity index (χ0) is 35.5. The summed E-state index contributed by atoms with van der Waals surface area (Å²) in [5, 5.41) is 20.6. The Morgan fingerprint density at radius 3 is 2.27 bits per heavy atom. The standard InChI is InChI=1S/C38H54FNO4.C3H6O/c1-33(2,3)44-32(43)40-38-17-9-10-27(38)26-13-14-30-35(6)18-15-25(23-11-12-24(31(41)42)28(39)22-23)34(4,5)29(35)16-19-37(30,8)36(26,7)20-21-38;1-2-3-4/h11-12,15,22,26-27,29-30H,9-10,13-14,16-21H2,1-8H3,(H,40,43)(H,41,42);2,4H,1,3H2/t26-,27-,29?,30?,35+,36-,37-,38+;/m1./s1. The zero-order valence-corrected chi connectivity index (χ0v) is 30.7. The Bertz CT molecular complexity index is 1460. The zero-order valence-electron chi connectivity index (χ0n) is 30.7. The molecule has 0 aromatic heterocycles. The summed E-state index contributed by atoms with van der Waals surface area (Å²) in [5.74, 6) is 0.240. The number of halogens is 1. The van der Waals surface area contributed by atoms with Crippen LogP contribution in [0.3, 0.4) is 0 Å². The van der Waals surface area contributed by atoms with Gasteiger partial charge in [0.15, 0.2) is 0 Å². The molecule has 0 heterocycles. The molecule has 266 valence electrons. The van der Waals surface area contributed by atoms with E-state index in [1.807, 2.05) is 20.8 Å². The molecule has 1 amide bonds. The predicted octanol–water partition coefficient (Wildman–Crippen LogP) is 9.81. The molecule has 48 heavy (non-hydrogen) atoms. The first-order valence-electron chi connectivity index (χ1n) is 18.3. The van der Waals surface area contributed by atoms with Crippen LogP contribution in [0.2, 0.25) is 0 Å². The number of amides is 1. The van der Waals surface area contributed by atoms with Crippen molar-refractivity contribution in [3.8, 4) is 0 Å². The van der Waals surface area contributed by atoms with Gasteiger partial charge in [0.2, 0.25) is 0 Å². The van der Waals surface area contributed by atoms with Crippen molar-refractivity contribution in [3.63, 3.8) is 0 Å². The summed E-state index contributed by atoms with van der Waals surface area (Å²) in [6.45, 7) is 21.5. The summed E-state index contributed by atoms with van der Waals surface area (Å²) < 4.78 is 20.6. The number of aromatic carboxylic acids is 1. The second kappa shape index (κ2) is 12.6. The maximum atomic E-state index is 14.8. The van der Waals surface area contributed by atoms with Crippen LogP contribution in [-0.2, 0) is 4.74 Å². The van der Waals surface area contributed by atoms with Crippen LogP contribution in [0.15, 0.2) is 36.9 Å². The number of carboxylic acid groups (broad SMARTS) is 1. The largest absolute Gasteiger partial charge is 0.478 e. The van der Waals surface area contributed by atoms with E-state index in [1.54, 1.807) is 6.07 Å². The van der Waals surface area contributed by atoms with Crippen molar-refractivity contribution >= 4 is 17.6 Å². The van der Waals surface area contributed by atoms with Crippen molar-refractivity contribution in [1.29, 1.82) is 0 Å². The Hall–Kier alpha value is -2.67. The van der Waals surface area contributed by atoms with E-state index in [2.05, 4.69) is 52.6 Å². The van der Waals surface area contributed by atoms with Crippen molar-refractivity contribution in [1.82, 2.24) is 5.32 Å². The van der Waals surface area contributed by atoms with E-state index in [0.29, 0.717) is 23.7 Å². The van der Waals surface area contributed by atoms with Crippen LogP contribution in [0.25, 0.3) is 5.57 Å². The third kappa shape index (κ3) is 5.84. The van der Waals surface area contributed by atoms with Crippen molar-refractivity contribution in [3.05, 3.63) is 53.9 Å². The van der Waals surface area contributed by atoms with E-state index in [0.717, 1.165) is 43.2 Å². The first-order chi connectivity index (χ1) is 22.3. The number of rotatable bonds is 4. The average molecular weight is 666 g/mol. The second-order valence-electron chi connectivity index (χ2n) is 18.0. The number of fused-ring (bicyclic) bond motifs is 7. The minimum Gasteiger partial charge on any atom is -0.478 e. The van der Waals surface area contributed by atoms with Gasteiger partial charge in [-0.15, -0.1) is 6.58 Å². The minimum atomic E-state index is -1.23. The third-order valence-electron chi connectivity index (χ3n) is 14.3. The van der Waals surface area contributed by atoms with Gasteiger partial charge in [-0.25, -0.2) is 14.0 Å². The number of ether oxygens (including phenoxy) is 1. The summed E-state index contributed by atoms with van der Waals surface area (Å²) >= 11 is 0. The lowest BCUT2D eigenvalue weighted by Gasteiger charge is -2.72. The maximum absolute atomic E-state index is 14.8. The number of aliphatic hydroxyl groups is 1. The normalized spacial score (nSPS) is 38.0. The lowest BCUT2D eigenvalue weighted by atomic mass is 9.33. The molecule has 3 N–H and O–H groups in total. The summed E-state index contributed by atoms with van der Waals surface area (Å²) in [4.78, 5) is 24.5. The topological polar surface area (TPSA) is 95.9 Å². The highest BCUT2D eigenvalue weighted by Crippen LogP contribution is 2.76. The van der Waals surface area contributed by atoms with E-state index in [9.17, 15) is 19.1 Å². The number of allylic oxidation sites excluding steroid dienone is 2. The van der Waals surface area contributed by atoms with Gasteiger partial charge in [0.1, 0.15) is 11.4 Å². The van der Waals surface area contributed by atoms with Gasteiger partial charge in [-0.3, -0.25) is 0 Å². The van der Waals surface area contributed by atoms with Crippen LogP contribution in [0, 0.1) is 51.1 Å². The molecule has 0 saturated heterocycles. The fraction of sp³-hybridized carbons (Fsp3) is 0.707. The number of aliphatic hydroxyl groups excluding tert-OH is 1. The fourth-order valence-corrected chi connectivity index (χ4v) is 12.2. The van der Waals surface area contributed by atoms with Gasteiger partial charge in [-0.1, -0.05) is 59.3 Å². The van der Waals surface area contributed by atoms with E-state index in [-0.39, 0.29) is 45.5 Å². The van der Waals surface area contributed by atoms with E-state index in [1.165, 1.54) is 50.3 Å². The van der Waals surface area contributed by atoms with Gasteiger partial charge >= 0.3 is 12.1 Å². The Kier molecular flexibility index (Phi) is 9.60. The molecule has 0 aliphatic heterocycles. The van der Waals surface area contributed by atoms with Crippen LogP contribution in [0.1, 0.15) is 136 Å². The monoisotopic (exact) mass is 665 g/mol. The first-order valence-corrected chi connectivity index (χ1v) is 18.3. The Labute approximate surface area is 288 Å². The summed E-state index contributed by atoms with van der Waals surface area (Å²) in [6, 6.07) is 4.64. The van der Waals surface area contributed by atoms with E-state index < -0.39 is 17.4 Å². The van der Waals surface area contributed by atoms with Crippen molar-refractivity contribution < 1.29 is 28.9 Å². The van der Waals surface area contributed by atoms with Crippen LogP contribution in [0.4, 0.5) is 9.18 Å². The fourth-order valence-electron chi connectivity index (χ4n) is 12.2. The molecule has 6 nitrogen and oxygen atoms in total. The van der Waals surface area contributed by atoms with Crippen LogP contribution in [0.5, 0.6) is 0 Å². The van der Waals surface area contributed by atoms with Gasteiger partial charge in [-0.2, -0.15) is 0 Å². The SMILES string of the molecule is C=CCO.CC(C)(C)OC(=O)N[C@]12CCC[C@@H]1[C@H]1CCC3[C@@]4(C)CC=C(c5ccc(C(=O)O)c(F)c5)C(C)(C)C4CC[C@@]3(C)[C@]1(C)CC2. The van der Waals surface area contributed by atoms with Gasteiger partial charge < -0.3 is 20.3 Å².